The summed E-state index contributed by atoms with van der Waals surface area (Å²) in [7, 11) is 1.97. The number of carbonyl (C=O) groups is 1. The van der Waals surface area contributed by atoms with Gasteiger partial charge in [-0.05, 0) is 55.2 Å². The Hall–Kier alpha value is -3.06. The second-order valence-corrected chi connectivity index (χ2v) is 9.52. The Kier molecular flexibility index (Phi) is 6.93. The molecule has 1 amide bonds. The van der Waals surface area contributed by atoms with Gasteiger partial charge in [0.2, 0.25) is 5.91 Å². The van der Waals surface area contributed by atoms with Gasteiger partial charge in [-0.2, -0.15) is 11.0 Å². The summed E-state index contributed by atoms with van der Waals surface area (Å²) in [6.45, 7) is 3.63. The molecule has 1 aromatic heterocycles. The van der Waals surface area contributed by atoms with E-state index in [-0.39, 0.29) is 18.6 Å². The van der Waals surface area contributed by atoms with E-state index in [0.29, 0.717) is 19.6 Å². The van der Waals surface area contributed by atoms with Crippen LogP contribution < -0.4 is 21.6 Å². The number of fused-ring (bicyclic) bond motifs is 1. The molecule has 6 N–H and O–H groups in total. The zero-order chi connectivity index (χ0) is 25.3. The Labute approximate surface area is 209 Å². The zero-order valence-electron chi connectivity index (χ0n) is 20.5. The van der Waals surface area contributed by atoms with Gasteiger partial charge < -0.3 is 25.0 Å². The monoisotopic (exact) mass is 495 g/mol. The lowest BCUT2D eigenvalue weighted by atomic mass is 9.89. The highest BCUT2D eigenvalue weighted by Crippen LogP contribution is 2.29. The smallest absolute Gasteiger partial charge is 0.247 e. The van der Waals surface area contributed by atoms with E-state index in [2.05, 4.69) is 21.6 Å². The molecule has 2 aliphatic rings. The molecule has 1 atom stereocenters. The van der Waals surface area contributed by atoms with Crippen LogP contribution in [-0.4, -0.2) is 56.5 Å². The zero-order valence-corrected chi connectivity index (χ0v) is 20.5. The van der Waals surface area contributed by atoms with Crippen molar-refractivity contribution in [2.75, 3.05) is 25.0 Å². The van der Waals surface area contributed by atoms with Gasteiger partial charge in [0.1, 0.15) is 17.5 Å². The molecular formula is C25H33N7O4. The lowest BCUT2D eigenvalue weighted by Crippen LogP contribution is -2.54. The van der Waals surface area contributed by atoms with E-state index < -0.39 is 11.8 Å². The van der Waals surface area contributed by atoms with Crippen LogP contribution in [0.25, 0.3) is 11.0 Å². The number of anilines is 1. The number of hydrogen-bond donors (Lipinski definition) is 6. The van der Waals surface area contributed by atoms with Crippen LogP contribution >= 0.6 is 0 Å². The van der Waals surface area contributed by atoms with Crippen LogP contribution in [0.15, 0.2) is 42.5 Å². The summed E-state index contributed by atoms with van der Waals surface area (Å²) in [6.07, 6.45) is 0.402. The Morgan fingerprint density at radius 3 is 2.56 bits per heavy atom. The largest absolute Gasteiger partial charge is 0.378 e. The molecule has 2 fully saturated rings. The van der Waals surface area contributed by atoms with Gasteiger partial charge in [0.25, 0.3) is 0 Å². The first kappa shape index (κ1) is 24.6. The van der Waals surface area contributed by atoms with Gasteiger partial charge in [-0.1, -0.05) is 18.2 Å². The van der Waals surface area contributed by atoms with Crippen molar-refractivity contribution in [2.45, 2.75) is 44.3 Å². The van der Waals surface area contributed by atoms with Crippen LogP contribution in [0.3, 0.4) is 0 Å². The summed E-state index contributed by atoms with van der Waals surface area (Å²) in [4.78, 5) is 24.9. The minimum absolute atomic E-state index is 0.00579. The maximum absolute atomic E-state index is 13.5. The average Bonchev–Trinajstić information content (AvgIpc) is 3.49. The van der Waals surface area contributed by atoms with Crippen molar-refractivity contribution in [2.24, 2.45) is 7.05 Å². The summed E-state index contributed by atoms with van der Waals surface area (Å²) in [5.41, 5.74) is 9.04. The minimum Gasteiger partial charge on any atom is -0.378 e. The highest BCUT2D eigenvalue weighted by molar-refractivity contribution is 5.89. The molecule has 0 aliphatic carbocycles. The van der Waals surface area contributed by atoms with E-state index in [1.807, 2.05) is 59.0 Å². The summed E-state index contributed by atoms with van der Waals surface area (Å²) in [5, 5.41) is 25.4. The topological polar surface area (TPSA) is 136 Å². The molecular weight excluding hydrogens is 462 g/mol. The SMILES string of the molecule is Cn1c(CNc2ccc(C3NON3)cc2)nc2cc([C@@](C)(NCC(O)O)C(=O)N3CCCC3)ccc21. The Morgan fingerprint density at radius 2 is 1.92 bits per heavy atom. The molecule has 5 rings (SSSR count). The fourth-order valence-corrected chi connectivity index (χ4v) is 4.78. The number of aliphatic hydroxyl groups excluding tert-OH is 1. The Morgan fingerprint density at radius 1 is 1.19 bits per heavy atom. The lowest BCUT2D eigenvalue weighted by Gasteiger charge is -2.34. The number of rotatable bonds is 9. The van der Waals surface area contributed by atoms with Crippen LogP contribution in [0.4, 0.5) is 5.69 Å². The molecule has 2 aliphatic heterocycles. The molecule has 0 saturated carbocycles. The highest BCUT2D eigenvalue weighted by atomic mass is 16.8. The number of imidazole rings is 1. The van der Waals surface area contributed by atoms with Gasteiger partial charge in [-0.15, -0.1) is 0 Å². The fraction of sp³-hybridized carbons (Fsp3) is 0.440. The highest BCUT2D eigenvalue weighted by Gasteiger charge is 2.39. The number of hydrogen-bond acceptors (Lipinski definition) is 9. The summed E-state index contributed by atoms with van der Waals surface area (Å²) in [5.74, 6) is 0.786. The maximum atomic E-state index is 13.5. The van der Waals surface area contributed by atoms with E-state index in [1.54, 1.807) is 6.92 Å². The van der Waals surface area contributed by atoms with E-state index in [0.717, 1.165) is 46.5 Å². The third kappa shape index (κ3) is 4.81. The van der Waals surface area contributed by atoms with Crippen LogP contribution in [0, 0.1) is 0 Å². The van der Waals surface area contributed by atoms with E-state index in [4.69, 9.17) is 9.92 Å². The van der Waals surface area contributed by atoms with Gasteiger partial charge >= 0.3 is 0 Å². The molecule has 3 heterocycles. The number of aromatic nitrogens is 2. The second kappa shape index (κ2) is 10.1. The minimum atomic E-state index is -1.56. The number of aryl methyl sites for hydroxylation is 1. The standard InChI is InChI=1S/C25H33N7O4/c1-25(27-15-22(33)34,24(35)32-11-3-4-12-32)17-7-10-20-19(13-17)28-21(31(20)2)14-26-18-8-5-16(6-9-18)23-29-36-30-23/h5-10,13,22-23,26-27,29-30,33-34H,3-4,11-12,14-15H2,1-2H3/t25-/m1/s1. The van der Waals surface area contributed by atoms with Gasteiger partial charge in [-0.25, -0.2) is 9.92 Å². The summed E-state index contributed by atoms with van der Waals surface area (Å²) in [6, 6.07) is 13.8. The molecule has 0 spiro atoms. The van der Waals surface area contributed by atoms with Crippen LogP contribution in [0.5, 0.6) is 0 Å². The third-order valence-electron chi connectivity index (χ3n) is 7.06. The maximum Gasteiger partial charge on any atom is 0.247 e. The van der Waals surface area contributed by atoms with Crippen molar-refractivity contribution in [3.8, 4) is 0 Å². The van der Waals surface area contributed by atoms with Crippen molar-refractivity contribution in [1.29, 1.82) is 0 Å². The molecule has 11 heteroatoms. The first-order valence-corrected chi connectivity index (χ1v) is 12.2. The summed E-state index contributed by atoms with van der Waals surface area (Å²) >= 11 is 0. The average molecular weight is 496 g/mol. The van der Waals surface area contributed by atoms with E-state index in [1.165, 1.54) is 0 Å². The molecule has 2 saturated heterocycles. The number of carbonyl (C=O) groups excluding carboxylic acids is 1. The second-order valence-electron chi connectivity index (χ2n) is 9.52. The van der Waals surface area contributed by atoms with Crippen LogP contribution in [0.1, 0.15) is 42.9 Å². The quantitative estimate of drug-likeness (QED) is 0.240. The van der Waals surface area contributed by atoms with Crippen molar-refractivity contribution >= 4 is 22.6 Å². The summed E-state index contributed by atoms with van der Waals surface area (Å²) < 4.78 is 2.03. The number of benzene rings is 2. The number of amides is 1. The Balaban J connectivity index is 1.36. The van der Waals surface area contributed by atoms with Gasteiger partial charge in [0.15, 0.2) is 6.29 Å². The van der Waals surface area contributed by atoms with Gasteiger partial charge in [0.05, 0.1) is 17.6 Å². The molecule has 192 valence electrons. The number of nitrogens with zero attached hydrogens (tertiary/aromatic N) is 3. The van der Waals surface area contributed by atoms with Crippen molar-refractivity contribution in [3.63, 3.8) is 0 Å². The predicted octanol–water partition coefficient (Wildman–Crippen LogP) is 0.961. The molecule has 36 heavy (non-hydrogen) atoms. The third-order valence-corrected chi connectivity index (χ3v) is 7.06. The van der Waals surface area contributed by atoms with E-state index >= 15 is 0 Å². The fourth-order valence-electron chi connectivity index (χ4n) is 4.78. The molecule has 2 aromatic carbocycles. The van der Waals surface area contributed by atoms with Crippen molar-refractivity contribution in [1.82, 2.24) is 30.7 Å². The van der Waals surface area contributed by atoms with Crippen LogP contribution in [-0.2, 0) is 28.9 Å². The normalized spacial score (nSPS) is 18.0. The van der Waals surface area contributed by atoms with E-state index in [9.17, 15) is 15.0 Å². The first-order valence-electron chi connectivity index (χ1n) is 12.2. The van der Waals surface area contributed by atoms with Crippen LogP contribution in [0.2, 0.25) is 0 Å². The number of likely N-dealkylation sites (tertiary alicyclic amines) is 1. The molecule has 0 unspecified atom stereocenters. The number of aliphatic hydroxyl groups is 2. The van der Waals surface area contributed by atoms with Crippen molar-refractivity contribution < 1.29 is 19.9 Å². The molecule has 0 bridgehead atoms. The number of hydroxylamine groups is 2. The first-order chi connectivity index (χ1) is 17.3. The molecule has 3 aromatic rings. The number of nitrogens with one attached hydrogen (secondary N) is 4. The van der Waals surface area contributed by atoms with Gasteiger partial charge in [0, 0.05) is 32.4 Å². The predicted molar refractivity (Wildman–Crippen MR) is 134 cm³/mol. The van der Waals surface area contributed by atoms with Gasteiger partial charge in [-0.3, -0.25) is 10.1 Å². The molecule has 11 nitrogen and oxygen atoms in total. The molecule has 0 radical (unpaired) electrons. The van der Waals surface area contributed by atoms with Crippen molar-refractivity contribution in [3.05, 3.63) is 59.4 Å². The Bertz CT molecular complexity index is 1220. The lowest BCUT2D eigenvalue weighted by molar-refractivity contribution is -0.195.